The standard InChI is InChI=1S/C12H2Cl2F3N5O2.C11H4Cl2F4N4/c13-7-1-5(12(15,16)17)2-8(14)10(7)21-11(22(23)24)6(3-18)9(4-19)20-21;12-6-1-4(11(15,16)17)2-7(13)8(6)21-10(19)5(3-18)9(14)20-21/h1-2H;1-2H,19H2. The van der Waals surface area contributed by atoms with Crippen LogP contribution in [0.25, 0.3) is 11.4 Å². The van der Waals surface area contributed by atoms with E-state index in [0.29, 0.717) is 33.6 Å². The first kappa shape index (κ1) is 34.7. The highest BCUT2D eigenvalue weighted by Gasteiger charge is 2.36. The molecule has 0 unspecified atom stereocenters. The molecule has 0 aliphatic heterocycles. The molecule has 45 heavy (non-hydrogen) atoms. The number of benzene rings is 2. The van der Waals surface area contributed by atoms with Crippen LogP contribution in [-0.2, 0) is 12.4 Å². The van der Waals surface area contributed by atoms with Crippen LogP contribution in [0.2, 0.25) is 20.1 Å². The van der Waals surface area contributed by atoms with Crippen molar-refractivity contribution in [1.82, 2.24) is 19.6 Å². The molecule has 2 heterocycles. The Morgan fingerprint density at radius 1 is 0.756 bits per heavy atom. The number of nitrogen functional groups attached to an aromatic ring is 1. The number of rotatable bonds is 3. The quantitative estimate of drug-likeness (QED) is 0.128. The molecule has 4 rings (SSSR count). The van der Waals surface area contributed by atoms with E-state index in [4.69, 9.17) is 67.9 Å². The molecule has 232 valence electrons. The maximum Gasteiger partial charge on any atom is 0.416 e. The van der Waals surface area contributed by atoms with Gasteiger partial charge in [-0.1, -0.05) is 56.2 Å². The third-order valence-electron chi connectivity index (χ3n) is 5.35. The lowest BCUT2D eigenvalue weighted by atomic mass is 10.2. The average Bonchev–Trinajstić information content (AvgIpc) is 3.43. The van der Waals surface area contributed by atoms with Crippen molar-refractivity contribution in [3.05, 3.63) is 88.4 Å². The summed E-state index contributed by atoms with van der Waals surface area (Å²) in [4.78, 5) is 10.2. The van der Waals surface area contributed by atoms with Crippen molar-refractivity contribution in [3.8, 4) is 29.6 Å². The topological polar surface area (TPSA) is 176 Å². The van der Waals surface area contributed by atoms with Crippen LogP contribution in [0.4, 0.5) is 42.4 Å². The van der Waals surface area contributed by atoms with E-state index in [-0.39, 0.29) is 5.69 Å². The van der Waals surface area contributed by atoms with E-state index in [1.165, 1.54) is 18.2 Å². The van der Waals surface area contributed by atoms with E-state index >= 15 is 0 Å². The molecule has 2 aromatic heterocycles. The summed E-state index contributed by atoms with van der Waals surface area (Å²) in [5, 5.41) is 42.5. The normalized spacial score (nSPS) is 11.2. The molecule has 0 saturated heterocycles. The van der Waals surface area contributed by atoms with E-state index in [9.17, 15) is 40.8 Å². The zero-order valence-corrected chi connectivity index (χ0v) is 24.0. The molecule has 0 aliphatic carbocycles. The van der Waals surface area contributed by atoms with Crippen LogP contribution in [0.1, 0.15) is 27.9 Å². The number of nitrogens with zero attached hydrogens (tertiary/aromatic N) is 8. The number of nitrogens with two attached hydrogens (primary N) is 1. The third kappa shape index (κ3) is 6.82. The Morgan fingerprint density at radius 2 is 1.16 bits per heavy atom. The molecule has 2 N–H and O–H groups in total. The second-order valence-corrected chi connectivity index (χ2v) is 9.72. The molecule has 22 heteroatoms. The molecule has 0 saturated carbocycles. The first-order valence-corrected chi connectivity index (χ1v) is 12.4. The number of alkyl halides is 6. The van der Waals surface area contributed by atoms with Gasteiger partial charge in [0.15, 0.2) is 16.8 Å². The molecule has 0 bridgehead atoms. The van der Waals surface area contributed by atoms with Crippen molar-refractivity contribution in [2.45, 2.75) is 12.4 Å². The Morgan fingerprint density at radius 3 is 1.47 bits per heavy atom. The Kier molecular flexibility index (Phi) is 9.76. The predicted octanol–water partition coefficient (Wildman–Crippen LogP) is 7.64. The van der Waals surface area contributed by atoms with E-state index in [2.05, 4.69) is 10.2 Å². The lowest BCUT2D eigenvalue weighted by Crippen LogP contribution is -2.08. The first-order chi connectivity index (χ1) is 20.8. The first-order valence-electron chi connectivity index (χ1n) is 10.9. The van der Waals surface area contributed by atoms with Gasteiger partial charge >= 0.3 is 18.2 Å². The summed E-state index contributed by atoms with van der Waals surface area (Å²) < 4.78 is 90.6. The van der Waals surface area contributed by atoms with Crippen molar-refractivity contribution < 1.29 is 35.7 Å². The minimum Gasteiger partial charge on any atom is -0.382 e. The molecule has 0 atom stereocenters. The number of anilines is 1. The van der Waals surface area contributed by atoms with Gasteiger partial charge in [0.1, 0.15) is 29.7 Å². The Hall–Kier alpha value is -4.80. The fraction of sp³-hybridized carbons (Fsp3) is 0.0870. The Bertz CT molecular complexity index is 1940. The number of halogens is 11. The molecule has 4 aromatic rings. The van der Waals surface area contributed by atoms with Gasteiger partial charge in [-0.3, -0.25) is 0 Å². The van der Waals surface area contributed by atoms with Gasteiger partial charge in [-0.25, -0.2) is 4.68 Å². The van der Waals surface area contributed by atoms with Crippen molar-refractivity contribution in [2.24, 2.45) is 0 Å². The molecule has 11 nitrogen and oxygen atoms in total. The molecule has 0 aliphatic rings. The number of hydrogen-bond donors (Lipinski definition) is 1. The van der Waals surface area contributed by atoms with E-state index < -0.39 is 88.6 Å². The zero-order valence-electron chi connectivity index (χ0n) is 20.9. The SMILES string of the molecule is N#Cc1c(F)nn(-c2c(Cl)cc(C(F)(F)F)cc2Cl)c1N.N#Cc1nn(-c2c(Cl)cc(C(F)(F)F)cc2Cl)c([N+](=O)[O-])c1C#N. The van der Waals surface area contributed by atoms with Gasteiger partial charge in [-0.15, -0.1) is 5.10 Å². The van der Waals surface area contributed by atoms with Crippen LogP contribution in [0.15, 0.2) is 24.3 Å². The fourth-order valence-electron chi connectivity index (χ4n) is 3.46. The highest BCUT2D eigenvalue weighted by molar-refractivity contribution is 6.38. The molecule has 0 amide bonds. The molecule has 0 spiro atoms. The third-order valence-corrected chi connectivity index (χ3v) is 6.51. The van der Waals surface area contributed by atoms with Gasteiger partial charge in [-0.05, 0) is 29.2 Å². The number of nitro groups is 1. The van der Waals surface area contributed by atoms with Crippen molar-refractivity contribution >= 4 is 58.0 Å². The summed E-state index contributed by atoms with van der Waals surface area (Å²) in [5.41, 5.74) is 0.769. The van der Waals surface area contributed by atoms with Crippen molar-refractivity contribution in [1.29, 1.82) is 15.8 Å². The van der Waals surface area contributed by atoms with Gasteiger partial charge < -0.3 is 15.8 Å². The van der Waals surface area contributed by atoms with Gasteiger partial charge in [0.25, 0.3) is 5.95 Å². The summed E-state index contributed by atoms with van der Waals surface area (Å²) >= 11 is 23.0. The van der Waals surface area contributed by atoms with Crippen molar-refractivity contribution in [2.75, 3.05) is 5.73 Å². The monoisotopic (exact) mass is 713 g/mol. The van der Waals surface area contributed by atoms with Gasteiger partial charge in [0, 0.05) is 0 Å². The van der Waals surface area contributed by atoms with Crippen LogP contribution in [0, 0.1) is 50.1 Å². The molecule has 0 radical (unpaired) electrons. The highest BCUT2D eigenvalue weighted by Crippen LogP contribution is 2.40. The maximum atomic E-state index is 13.4. The second kappa shape index (κ2) is 12.7. The van der Waals surface area contributed by atoms with Crippen LogP contribution in [-0.4, -0.2) is 24.5 Å². The largest absolute Gasteiger partial charge is 0.416 e. The molecule has 2 aromatic carbocycles. The minimum absolute atomic E-state index is 0.246. The zero-order chi connectivity index (χ0) is 34.2. The Balaban J connectivity index is 0.000000248. The van der Waals surface area contributed by atoms with E-state index in [1.807, 2.05) is 0 Å². The van der Waals surface area contributed by atoms with Gasteiger partial charge in [0.2, 0.25) is 5.69 Å². The number of hydrogen-bond acceptors (Lipinski definition) is 8. The van der Waals surface area contributed by atoms with Crippen LogP contribution in [0.5, 0.6) is 0 Å². The summed E-state index contributed by atoms with van der Waals surface area (Å²) in [6.07, 6.45) is -9.39. The van der Waals surface area contributed by atoms with Gasteiger partial charge in [0.05, 0.1) is 31.2 Å². The number of nitriles is 3. The van der Waals surface area contributed by atoms with E-state index in [1.54, 1.807) is 0 Å². The highest BCUT2D eigenvalue weighted by atomic mass is 35.5. The summed E-state index contributed by atoms with van der Waals surface area (Å²) in [5.74, 6) is -2.53. The molecule has 0 fully saturated rings. The summed E-state index contributed by atoms with van der Waals surface area (Å²) in [6.45, 7) is 0. The number of aromatic nitrogens is 4. The minimum atomic E-state index is -4.74. The van der Waals surface area contributed by atoms with Crippen LogP contribution >= 0.6 is 46.4 Å². The predicted molar refractivity (Wildman–Crippen MR) is 142 cm³/mol. The van der Waals surface area contributed by atoms with Gasteiger partial charge in [-0.2, -0.15) is 46.5 Å². The molecular weight excluding hydrogens is 709 g/mol. The average molecular weight is 715 g/mol. The van der Waals surface area contributed by atoms with Crippen molar-refractivity contribution in [3.63, 3.8) is 0 Å². The van der Waals surface area contributed by atoms with E-state index in [0.717, 1.165) is 0 Å². The summed E-state index contributed by atoms with van der Waals surface area (Å²) in [7, 11) is 0. The lowest BCUT2D eigenvalue weighted by Gasteiger charge is -2.13. The fourth-order valence-corrected chi connectivity index (χ4v) is 4.75. The smallest absolute Gasteiger partial charge is 0.382 e. The Labute approximate surface area is 264 Å². The van der Waals surface area contributed by atoms with Crippen LogP contribution in [0.3, 0.4) is 0 Å². The maximum absolute atomic E-state index is 13.4. The molecular formula is C23H6Cl4F7N9O2. The second-order valence-electron chi connectivity index (χ2n) is 8.09. The lowest BCUT2D eigenvalue weighted by molar-refractivity contribution is -0.391. The summed E-state index contributed by atoms with van der Waals surface area (Å²) in [6, 6.07) is 6.63. The van der Waals surface area contributed by atoms with Crippen LogP contribution < -0.4 is 5.73 Å².